The Kier molecular flexibility index (Phi) is 10.8. The summed E-state index contributed by atoms with van der Waals surface area (Å²) in [6, 6.07) is 18.0. The standard InChI is InChI=1S/C33H23F6N3O7/c1-18-8-10-24(11-9-18)41-42-25-14-12-23(13-15-25)40-28(43)26(48-30(46)19-4-2-6-21(16-19)32(34,35)36)27(29(44)45)49-31(47)20-5-3-7-22(17-20)33(37,38)39/h2-17,26-27H,1H3,(H,40,43)(H,44,45)/t26-,27-/m0/s1. The molecule has 0 fully saturated rings. The molecule has 2 N–H and O–H groups in total. The maximum absolute atomic E-state index is 13.4. The van der Waals surface area contributed by atoms with Crippen molar-refractivity contribution in [2.75, 3.05) is 5.32 Å². The van der Waals surface area contributed by atoms with Gasteiger partial charge in [0, 0.05) is 5.69 Å². The maximum atomic E-state index is 13.4. The SMILES string of the molecule is Cc1ccc(N=Nc2ccc(NC(=O)[C@@H](OC(=O)c3cccc(C(F)(F)F)c3)[C@H](OC(=O)c3cccc(C(F)(F)F)c3)C(=O)O)cc2)cc1. The van der Waals surface area contributed by atoms with Crippen LogP contribution < -0.4 is 5.32 Å². The van der Waals surface area contributed by atoms with Crippen molar-refractivity contribution in [3.63, 3.8) is 0 Å². The molecule has 1 amide bonds. The lowest BCUT2D eigenvalue weighted by Crippen LogP contribution is -2.48. The Bertz CT molecular complexity index is 1880. The normalized spacial score (nSPS) is 13.0. The Labute approximate surface area is 273 Å². The molecule has 0 radical (unpaired) electrons. The van der Waals surface area contributed by atoms with Crippen molar-refractivity contribution < 1.29 is 60.1 Å². The number of hydrogen-bond donors (Lipinski definition) is 2. The highest BCUT2D eigenvalue weighted by molar-refractivity contribution is 6.01. The van der Waals surface area contributed by atoms with E-state index in [-0.39, 0.29) is 5.69 Å². The second kappa shape index (κ2) is 14.8. The van der Waals surface area contributed by atoms with E-state index < -0.39 is 70.6 Å². The minimum Gasteiger partial charge on any atom is -0.478 e. The van der Waals surface area contributed by atoms with Crippen LogP contribution in [0.1, 0.15) is 37.4 Å². The lowest BCUT2D eigenvalue weighted by atomic mass is 10.1. The van der Waals surface area contributed by atoms with Crippen molar-refractivity contribution in [3.8, 4) is 0 Å². The van der Waals surface area contributed by atoms with Gasteiger partial charge in [-0.3, -0.25) is 4.79 Å². The number of hydrogen-bond acceptors (Lipinski definition) is 8. The summed E-state index contributed by atoms with van der Waals surface area (Å²) in [6.45, 7) is 1.89. The van der Waals surface area contributed by atoms with Crippen LogP contribution >= 0.6 is 0 Å². The van der Waals surface area contributed by atoms with E-state index in [9.17, 15) is 50.6 Å². The first-order valence-corrected chi connectivity index (χ1v) is 13.9. The number of benzene rings is 4. The number of carboxylic acids is 1. The van der Waals surface area contributed by atoms with Crippen molar-refractivity contribution >= 4 is 40.9 Å². The number of rotatable bonds is 10. The molecule has 0 aliphatic heterocycles. The minimum absolute atomic E-state index is 0.0206. The smallest absolute Gasteiger partial charge is 0.416 e. The topological polar surface area (TPSA) is 144 Å². The van der Waals surface area contributed by atoms with Crippen LogP contribution in [0.3, 0.4) is 0 Å². The van der Waals surface area contributed by atoms with Crippen LogP contribution in [0.15, 0.2) is 107 Å². The number of ether oxygens (including phenoxy) is 2. The van der Waals surface area contributed by atoms with Gasteiger partial charge in [0.15, 0.2) is 0 Å². The van der Waals surface area contributed by atoms with Gasteiger partial charge in [-0.25, -0.2) is 14.4 Å². The number of carbonyl (C=O) groups excluding carboxylic acids is 3. The number of nitrogens with one attached hydrogen (secondary N) is 1. The van der Waals surface area contributed by atoms with E-state index in [0.717, 1.165) is 29.8 Å². The number of anilines is 1. The number of aliphatic carboxylic acids is 1. The Morgan fingerprint density at radius 2 is 1.08 bits per heavy atom. The first-order valence-electron chi connectivity index (χ1n) is 13.9. The summed E-state index contributed by atoms with van der Waals surface area (Å²) >= 11 is 0. The molecule has 0 heterocycles. The fraction of sp³-hybridized carbons (Fsp3) is 0.152. The zero-order valence-corrected chi connectivity index (χ0v) is 25.0. The van der Waals surface area contributed by atoms with E-state index in [1.807, 2.05) is 19.1 Å². The summed E-state index contributed by atoms with van der Waals surface area (Å²) in [6.07, 6.45) is -15.0. The first-order chi connectivity index (χ1) is 23.0. The molecular weight excluding hydrogens is 664 g/mol. The van der Waals surface area contributed by atoms with Gasteiger partial charge < -0.3 is 19.9 Å². The molecule has 0 aliphatic carbocycles. The van der Waals surface area contributed by atoms with Crippen molar-refractivity contribution in [1.29, 1.82) is 0 Å². The average molecular weight is 688 g/mol. The number of aryl methyl sites for hydroxylation is 1. The van der Waals surface area contributed by atoms with Crippen molar-refractivity contribution in [2.45, 2.75) is 31.5 Å². The summed E-state index contributed by atoms with van der Waals surface area (Å²) in [5, 5.41) is 20.2. The highest BCUT2D eigenvalue weighted by atomic mass is 19.4. The van der Waals surface area contributed by atoms with Crippen LogP contribution in [0.4, 0.5) is 43.4 Å². The number of azo groups is 1. The molecule has 254 valence electrons. The Balaban J connectivity index is 1.61. The van der Waals surface area contributed by atoms with E-state index in [4.69, 9.17) is 9.47 Å². The van der Waals surface area contributed by atoms with E-state index in [1.54, 1.807) is 12.1 Å². The second-order valence-electron chi connectivity index (χ2n) is 10.2. The third-order valence-corrected chi connectivity index (χ3v) is 6.55. The van der Waals surface area contributed by atoms with Gasteiger partial charge in [0.1, 0.15) is 0 Å². The fourth-order valence-electron chi connectivity index (χ4n) is 4.06. The molecule has 2 atom stereocenters. The van der Waals surface area contributed by atoms with Gasteiger partial charge in [0.05, 0.1) is 33.6 Å². The van der Waals surface area contributed by atoms with Gasteiger partial charge >= 0.3 is 30.3 Å². The third kappa shape index (κ3) is 9.73. The Morgan fingerprint density at radius 3 is 1.51 bits per heavy atom. The van der Waals surface area contributed by atoms with Crippen LogP contribution in [-0.2, 0) is 31.4 Å². The lowest BCUT2D eigenvalue weighted by Gasteiger charge is -2.24. The summed E-state index contributed by atoms with van der Waals surface area (Å²) in [7, 11) is 0. The van der Waals surface area contributed by atoms with Crippen molar-refractivity contribution in [1.82, 2.24) is 0 Å². The molecule has 0 unspecified atom stereocenters. The molecule has 10 nitrogen and oxygen atoms in total. The fourth-order valence-corrected chi connectivity index (χ4v) is 4.06. The summed E-state index contributed by atoms with van der Waals surface area (Å²) in [5.41, 5.74) is -2.20. The van der Waals surface area contributed by atoms with Gasteiger partial charge in [-0.1, -0.05) is 29.8 Å². The molecule has 4 aromatic rings. The molecule has 0 aliphatic rings. The number of esters is 2. The molecule has 4 rings (SSSR count). The zero-order chi connectivity index (χ0) is 35.9. The highest BCUT2D eigenvalue weighted by Crippen LogP contribution is 2.31. The molecule has 0 spiro atoms. The number of carboxylic acid groups (broad SMARTS) is 1. The van der Waals surface area contributed by atoms with E-state index in [2.05, 4.69) is 15.5 Å². The molecule has 0 saturated carbocycles. The van der Waals surface area contributed by atoms with Gasteiger partial charge in [-0.15, -0.1) is 0 Å². The number of alkyl halides is 6. The quantitative estimate of drug-likeness (QED) is 0.0979. The van der Waals surface area contributed by atoms with Crippen LogP contribution in [0.5, 0.6) is 0 Å². The molecule has 0 bridgehead atoms. The molecule has 16 heteroatoms. The summed E-state index contributed by atoms with van der Waals surface area (Å²) in [5.74, 6) is -6.75. The number of carbonyl (C=O) groups is 4. The van der Waals surface area contributed by atoms with E-state index >= 15 is 0 Å². The molecule has 0 aromatic heterocycles. The van der Waals surface area contributed by atoms with Crippen molar-refractivity contribution in [3.05, 3.63) is 125 Å². The van der Waals surface area contributed by atoms with Gasteiger partial charge in [0.25, 0.3) is 5.91 Å². The van der Waals surface area contributed by atoms with Gasteiger partial charge in [-0.2, -0.15) is 36.6 Å². The average Bonchev–Trinajstić information content (AvgIpc) is 3.05. The molecule has 0 saturated heterocycles. The van der Waals surface area contributed by atoms with Crippen LogP contribution in [-0.4, -0.2) is 41.1 Å². The monoisotopic (exact) mass is 687 g/mol. The van der Waals surface area contributed by atoms with E-state index in [0.29, 0.717) is 35.6 Å². The molecule has 4 aromatic carbocycles. The Hall–Kier alpha value is -6.06. The second-order valence-corrected chi connectivity index (χ2v) is 10.2. The summed E-state index contributed by atoms with van der Waals surface area (Å²) < 4.78 is 89.2. The first kappa shape index (κ1) is 35.8. The Morgan fingerprint density at radius 1 is 0.653 bits per heavy atom. The largest absolute Gasteiger partial charge is 0.478 e. The lowest BCUT2D eigenvalue weighted by molar-refractivity contribution is -0.157. The van der Waals surface area contributed by atoms with Gasteiger partial charge in [-0.05, 0) is 79.7 Å². The maximum Gasteiger partial charge on any atom is 0.416 e. The van der Waals surface area contributed by atoms with Crippen LogP contribution in [0.25, 0.3) is 0 Å². The van der Waals surface area contributed by atoms with Crippen LogP contribution in [0, 0.1) is 6.92 Å². The number of halogens is 6. The predicted molar refractivity (Wildman–Crippen MR) is 159 cm³/mol. The number of nitrogens with zero attached hydrogens (tertiary/aromatic N) is 2. The highest BCUT2D eigenvalue weighted by Gasteiger charge is 2.42. The molecule has 49 heavy (non-hydrogen) atoms. The summed E-state index contributed by atoms with van der Waals surface area (Å²) in [4.78, 5) is 51.3. The van der Waals surface area contributed by atoms with Crippen molar-refractivity contribution in [2.24, 2.45) is 10.2 Å². The third-order valence-electron chi connectivity index (χ3n) is 6.55. The predicted octanol–water partition coefficient (Wildman–Crippen LogP) is 7.92. The zero-order valence-electron chi connectivity index (χ0n) is 25.0. The molecular formula is C33H23F6N3O7. The minimum atomic E-state index is -4.89. The van der Waals surface area contributed by atoms with E-state index in [1.165, 1.54) is 24.3 Å². The number of amides is 1. The van der Waals surface area contributed by atoms with Gasteiger partial charge in [0.2, 0.25) is 12.2 Å². The van der Waals surface area contributed by atoms with Crippen LogP contribution in [0.2, 0.25) is 0 Å².